The smallest absolute Gasteiger partial charge is 0.0589 e. The summed E-state index contributed by atoms with van der Waals surface area (Å²) in [4.78, 5) is 2.40. The third kappa shape index (κ3) is 9.33. The molecule has 0 bridgehead atoms. The van der Waals surface area contributed by atoms with E-state index in [0.29, 0.717) is 6.04 Å². The molecule has 3 heteroatoms. The predicted octanol–water partition coefficient (Wildman–Crippen LogP) is 2.29. The number of methoxy groups -OCH3 is 1. The molecule has 0 aromatic carbocycles. The first kappa shape index (κ1) is 16.6. The van der Waals surface area contributed by atoms with Crippen LogP contribution < -0.4 is 5.32 Å². The molecule has 0 aromatic rings. The summed E-state index contributed by atoms with van der Waals surface area (Å²) in [7, 11) is 1.75. The molecule has 0 amide bonds. The molecule has 17 heavy (non-hydrogen) atoms. The molecule has 0 aromatic heterocycles. The molecule has 0 spiro atoms. The third-order valence-electron chi connectivity index (χ3n) is 2.79. The lowest BCUT2D eigenvalue weighted by Gasteiger charge is -2.29. The zero-order valence-electron chi connectivity index (χ0n) is 12.3. The highest BCUT2D eigenvalue weighted by molar-refractivity contribution is 4.79. The van der Waals surface area contributed by atoms with E-state index in [1.807, 2.05) is 6.08 Å². The number of nitrogens with one attached hydrogen (secondary N) is 1. The lowest BCUT2D eigenvalue weighted by molar-refractivity contribution is 0.129. The van der Waals surface area contributed by atoms with Crippen LogP contribution in [0, 0.1) is 0 Å². The van der Waals surface area contributed by atoms with Crippen LogP contribution >= 0.6 is 0 Å². The van der Waals surface area contributed by atoms with Gasteiger partial charge in [-0.05, 0) is 40.7 Å². The van der Waals surface area contributed by atoms with E-state index >= 15 is 0 Å². The van der Waals surface area contributed by atoms with Crippen LogP contribution in [0.3, 0.4) is 0 Å². The summed E-state index contributed by atoms with van der Waals surface area (Å²) in [6.45, 7) is 16.4. The van der Waals surface area contributed by atoms with Crippen molar-refractivity contribution in [3.05, 3.63) is 12.7 Å². The average Bonchev–Trinajstić information content (AvgIpc) is 2.22. The van der Waals surface area contributed by atoms with Crippen molar-refractivity contribution in [2.75, 3.05) is 33.4 Å². The van der Waals surface area contributed by atoms with E-state index in [2.05, 4.69) is 44.5 Å². The van der Waals surface area contributed by atoms with E-state index in [4.69, 9.17) is 4.74 Å². The summed E-state index contributed by atoms with van der Waals surface area (Å²) < 4.78 is 5.14. The Hall–Kier alpha value is -0.380. The van der Waals surface area contributed by atoms with E-state index in [0.717, 1.165) is 32.7 Å². The normalized spacial score (nSPS) is 14.0. The van der Waals surface area contributed by atoms with Gasteiger partial charge in [0.2, 0.25) is 0 Å². The molecule has 1 atom stereocenters. The fraction of sp³-hybridized carbons (Fsp3) is 0.857. The van der Waals surface area contributed by atoms with Crippen molar-refractivity contribution in [1.82, 2.24) is 10.2 Å². The van der Waals surface area contributed by atoms with Crippen LogP contribution in [0.1, 0.15) is 34.1 Å². The minimum atomic E-state index is 0.204. The van der Waals surface area contributed by atoms with Crippen molar-refractivity contribution in [1.29, 1.82) is 0 Å². The predicted molar refractivity (Wildman–Crippen MR) is 75.5 cm³/mol. The molecule has 0 saturated heterocycles. The van der Waals surface area contributed by atoms with E-state index in [1.165, 1.54) is 0 Å². The molecule has 102 valence electrons. The first-order valence-corrected chi connectivity index (χ1v) is 6.49. The van der Waals surface area contributed by atoms with Crippen molar-refractivity contribution in [3.63, 3.8) is 0 Å². The molecular formula is C14H30N2O. The van der Waals surface area contributed by atoms with Crippen molar-refractivity contribution in [2.45, 2.75) is 45.7 Å². The van der Waals surface area contributed by atoms with Gasteiger partial charge in [-0.15, -0.1) is 6.58 Å². The lowest BCUT2D eigenvalue weighted by Crippen LogP contribution is -2.41. The summed E-state index contributed by atoms with van der Waals surface area (Å²) >= 11 is 0. The monoisotopic (exact) mass is 242 g/mol. The van der Waals surface area contributed by atoms with Crippen LogP contribution in [-0.4, -0.2) is 49.8 Å². The first-order chi connectivity index (χ1) is 7.90. The lowest BCUT2D eigenvalue weighted by atomic mass is 10.1. The highest BCUT2D eigenvalue weighted by Crippen LogP contribution is 2.05. The Morgan fingerprint density at radius 3 is 2.53 bits per heavy atom. The van der Waals surface area contributed by atoms with E-state index < -0.39 is 0 Å². The van der Waals surface area contributed by atoms with Crippen molar-refractivity contribution < 1.29 is 4.74 Å². The maximum Gasteiger partial charge on any atom is 0.0589 e. The van der Waals surface area contributed by atoms with Gasteiger partial charge >= 0.3 is 0 Å². The molecule has 1 unspecified atom stereocenters. The molecule has 0 aliphatic carbocycles. The van der Waals surface area contributed by atoms with Gasteiger partial charge in [0.25, 0.3) is 0 Å². The number of nitrogens with zero attached hydrogens (tertiary/aromatic N) is 1. The summed E-state index contributed by atoms with van der Waals surface area (Å²) in [6.07, 6.45) is 3.11. The minimum absolute atomic E-state index is 0.204. The second kappa shape index (κ2) is 8.67. The first-order valence-electron chi connectivity index (χ1n) is 6.49. The second-order valence-corrected chi connectivity index (χ2v) is 5.59. The van der Waals surface area contributed by atoms with Gasteiger partial charge < -0.3 is 10.1 Å². The highest BCUT2D eigenvalue weighted by Gasteiger charge is 2.14. The van der Waals surface area contributed by atoms with Crippen LogP contribution in [0.15, 0.2) is 12.7 Å². The summed E-state index contributed by atoms with van der Waals surface area (Å²) in [6, 6.07) is 0.554. The summed E-state index contributed by atoms with van der Waals surface area (Å²) in [5, 5.41) is 3.52. The Bertz CT molecular complexity index is 199. The maximum absolute atomic E-state index is 5.14. The zero-order valence-corrected chi connectivity index (χ0v) is 12.3. The Labute approximate surface area is 107 Å². The van der Waals surface area contributed by atoms with Gasteiger partial charge in [0.1, 0.15) is 0 Å². The maximum atomic E-state index is 5.14. The number of rotatable bonds is 9. The number of ether oxygens (including phenoxy) is 1. The Morgan fingerprint density at radius 1 is 1.41 bits per heavy atom. The largest absolute Gasteiger partial charge is 0.383 e. The molecule has 0 rings (SSSR count). The van der Waals surface area contributed by atoms with E-state index in [9.17, 15) is 0 Å². The summed E-state index contributed by atoms with van der Waals surface area (Å²) in [5.74, 6) is 0. The third-order valence-corrected chi connectivity index (χ3v) is 2.79. The molecule has 0 radical (unpaired) electrons. The fourth-order valence-electron chi connectivity index (χ4n) is 1.70. The van der Waals surface area contributed by atoms with Gasteiger partial charge in [-0.1, -0.05) is 6.08 Å². The van der Waals surface area contributed by atoms with Crippen molar-refractivity contribution in [2.24, 2.45) is 0 Å². The van der Waals surface area contributed by atoms with Crippen molar-refractivity contribution >= 4 is 0 Å². The molecular weight excluding hydrogens is 212 g/mol. The Balaban J connectivity index is 3.95. The molecule has 0 saturated carbocycles. The SMILES string of the molecule is C=CCN(CCOC)C(C)CCNC(C)(C)C. The van der Waals surface area contributed by atoms with Gasteiger partial charge in [-0.25, -0.2) is 0 Å². The van der Waals surface area contributed by atoms with Crippen molar-refractivity contribution in [3.8, 4) is 0 Å². The van der Waals surface area contributed by atoms with Crippen LogP contribution in [0.5, 0.6) is 0 Å². The minimum Gasteiger partial charge on any atom is -0.383 e. The second-order valence-electron chi connectivity index (χ2n) is 5.59. The van der Waals surface area contributed by atoms with Gasteiger partial charge in [0, 0.05) is 31.8 Å². The molecule has 0 heterocycles. The van der Waals surface area contributed by atoms with Gasteiger partial charge in [0.05, 0.1) is 6.61 Å². The highest BCUT2D eigenvalue weighted by atomic mass is 16.5. The van der Waals surface area contributed by atoms with Gasteiger partial charge in [0.15, 0.2) is 0 Å². The quantitative estimate of drug-likeness (QED) is 0.628. The number of hydrogen-bond donors (Lipinski definition) is 1. The van der Waals surface area contributed by atoms with E-state index in [-0.39, 0.29) is 5.54 Å². The molecule has 0 aliphatic rings. The molecule has 0 aliphatic heterocycles. The topological polar surface area (TPSA) is 24.5 Å². The van der Waals surface area contributed by atoms with Gasteiger partial charge in [-0.3, -0.25) is 4.90 Å². The zero-order chi connectivity index (χ0) is 13.3. The molecule has 1 N–H and O–H groups in total. The standard InChI is InChI=1S/C14H30N2O/c1-7-10-16(11-12-17-6)13(2)8-9-15-14(3,4)5/h7,13,15H,1,8-12H2,2-6H3. The van der Waals surface area contributed by atoms with Crippen LogP contribution in [0.2, 0.25) is 0 Å². The van der Waals surface area contributed by atoms with Crippen LogP contribution in [0.25, 0.3) is 0 Å². The Kier molecular flexibility index (Phi) is 8.48. The molecule has 0 fully saturated rings. The number of hydrogen-bond acceptors (Lipinski definition) is 3. The van der Waals surface area contributed by atoms with E-state index in [1.54, 1.807) is 7.11 Å². The molecule has 3 nitrogen and oxygen atoms in total. The van der Waals surface area contributed by atoms with Gasteiger partial charge in [-0.2, -0.15) is 0 Å². The Morgan fingerprint density at radius 2 is 2.06 bits per heavy atom. The van der Waals surface area contributed by atoms with Crippen LogP contribution in [-0.2, 0) is 4.74 Å². The summed E-state index contributed by atoms with van der Waals surface area (Å²) in [5.41, 5.74) is 0.204. The average molecular weight is 242 g/mol. The van der Waals surface area contributed by atoms with Crippen LogP contribution in [0.4, 0.5) is 0 Å². The fourth-order valence-corrected chi connectivity index (χ4v) is 1.70.